The molecule has 31 heavy (non-hydrogen) atoms. The zero-order chi connectivity index (χ0) is 21.5. The van der Waals surface area contributed by atoms with Gasteiger partial charge in [-0.1, -0.05) is 19.9 Å². The zero-order valence-electron chi connectivity index (χ0n) is 17.8. The van der Waals surface area contributed by atoms with Crippen LogP contribution in [0.1, 0.15) is 25.5 Å². The van der Waals surface area contributed by atoms with Crippen molar-refractivity contribution in [1.82, 2.24) is 5.32 Å². The maximum atomic E-state index is 13.7. The summed E-state index contributed by atoms with van der Waals surface area (Å²) in [6.45, 7) is 5.75. The van der Waals surface area contributed by atoms with Crippen molar-refractivity contribution in [2.45, 2.75) is 19.9 Å². The molecular weight excluding hydrogens is 394 g/mol. The molecule has 0 aromatic heterocycles. The zero-order valence-corrected chi connectivity index (χ0v) is 17.8. The molecule has 1 N–H and O–H groups in total. The van der Waals surface area contributed by atoms with Gasteiger partial charge in [0.15, 0.2) is 11.5 Å². The number of anilines is 1. The van der Waals surface area contributed by atoms with E-state index in [2.05, 4.69) is 24.2 Å². The molecule has 1 amide bonds. The first-order valence-electron chi connectivity index (χ1n) is 10.5. The second kappa shape index (κ2) is 7.65. The van der Waals surface area contributed by atoms with Crippen LogP contribution in [0.2, 0.25) is 0 Å². The van der Waals surface area contributed by atoms with Crippen molar-refractivity contribution in [1.29, 1.82) is 0 Å². The first-order chi connectivity index (χ1) is 15.1. The third kappa shape index (κ3) is 3.21. The molecule has 7 nitrogen and oxygen atoms in total. The van der Waals surface area contributed by atoms with E-state index >= 15 is 0 Å². The van der Waals surface area contributed by atoms with Crippen LogP contribution in [0.5, 0.6) is 17.2 Å². The number of rotatable bonds is 4. The fourth-order valence-electron chi connectivity index (χ4n) is 4.41. The molecule has 3 aliphatic rings. The fourth-order valence-corrected chi connectivity index (χ4v) is 4.41. The highest BCUT2D eigenvalue weighted by Gasteiger charge is 2.45. The Morgan fingerprint density at radius 3 is 2.65 bits per heavy atom. The average molecular weight is 419 g/mol. The standard InChI is InChI=1S/C24H25N3O4/c1-14(2)21-20-22(26-11-10-25-21)24(28)27(16-5-7-17(29-3)8-6-16)23(20)15-4-9-18-19(12-15)31-13-30-18/h4-9,12,14,23,25H,10-11,13H2,1-3H3. The molecule has 0 saturated carbocycles. The highest BCUT2D eigenvalue weighted by Crippen LogP contribution is 2.45. The van der Waals surface area contributed by atoms with Crippen LogP contribution < -0.4 is 24.4 Å². The van der Waals surface area contributed by atoms with E-state index < -0.39 is 0 Å². The van der Waals surface area contributed by atoms with Gasteiger partial charge in [0.05, 0.1) is 19.7 Å². The molecule has 2 aromatic rings. The minimum absolute atomic E-state index is 0.0929. The molecule has 1 fully saturated rings. The van der Waals surface area contributed by atoms with Crippen LogP contribution >= 0.6 is 0 Å². The van der Waals surface area contributed by atoms with Gasteiger partial charge >= 0.3 is 0 Å². The Bertz CT molecular complexity index is 1090. The van der Waals surface area contributed by atoms with E-state index in [1.165, 1.54) is 0 Å². The number of nitrogens with one attached hydrogen (secondary N) is 1. The summed E-state index contributed by atoms with van der Waals surface area (Å²) in [6.07, 6.45) is 0. The summed E-state index contributed by atoms with van der Waals surface area (Å²) in [4.78, 5) is 20.2. The van der Waals surface area contributed by atoms with Gasteiger partial charge in [0, 0.05) is 23.5 Å². The third-order valence-electron chi connectivity index (χ3n) is 5.84. The van der Waals surface area contributed by atoms with E-state index in [9.17, 15) is 4.79 Å². The summed E-state index contributed by atoms with van der Waals surface area (Å²) in [5.41, 5.74) is 4.28. The lowest BCUT2D eigenvalue weighted by Crippen LogP contribution is -2.30. The van der Waals surface area contributed by atoms with Crippen molar-refractivity contribution in [3.63, 3.8) is 0 Å². The predicted octanol–water partition coefficient (Wildman–Crippen LogP) is 3.47. The van der Waals surface area contributed by atoms with Crippen molar-refractivity contribution >= 4 is 17.3 Å². The average Bonchev–Trinajstić information content (AvgIpc) is 3.27. The number of allylic oxidation sites excluding steroid dienone is 1. The van der Waals surface area contributed by atoms with E-state index in [1.54, 1.807) is 7.11 Å². The van der Waals surface area contributed by atoms with Crippen LogP contribution in [0.25, 0.3) is 0 Å². The van der Waals surface area contributed by atoms with Crippen LogP contribution in [0.4, 0.5) is 5.69 Å². The van der Waals surface area contributed by atoms with E-state index in [0.29, 0.717) is 24.6 Å². The van der Waals surface area contributed by atoms with E-state index in [1.807, 2.05) is 47.4 Å². The van der Waals surface area contributed by atoms with Crippen molar-refractivity contribution in [2.24, 2.45) is 10.9 Å². The number of aliphatic imine (C=N–C) groups is 1. The number of carbonyl (C=O) groups excluding carboxylic acids is 1. The van der Waals surface area contributed by atoms with E-state index in [0.717, 1.165) is 34.0 Å². The summed E-state index contributed by atoms with van der Waals surface area (Å²) >= 11 is 0. The highest BCUT2D eigenvalue weighted by molar-refractivity contribution is 6.53. The second-order valence-corrected chi connectivity index (χ2v) is 8.03. The fraction of sp³-hybridized carbons (Fsp3) is 0.333. The molecule has 160 valence electrons. The van der Waals surface area contributed by atoms with Gasteiger partial charge in [0.2, 0.25) is 6.79 Å². The molecular formula is C24H25N3O4. The highest BCUT2D eigenvalue weighted by atomic mass is 16.7. The Hall–Kier alpha value is -3.48. The smallest absolute Gasteiger partial charge is 0.277 e. The van der Waals surface area contributed by atoms with Gasteiger partial charge < -0.3 is 19.5 Å². The lowest BCUT2D eigenvalue weighted by atomic mass is 9.92. The van der Waals surface area contributed by atoms with Crippen molar-refractivity contribution in [3.8, 4) is 17.2 Å². The summed E-state index contributed by atoms with van der Waals surface area (Å²) in [7, 11) is 1.63. The molecule has 0 radical (unpaired) electrons. The van der Waals surface area contributed by atoms with Crippen LogP contribution in [-0.2, 0) is 4.79 Å². The number of benzene rings is 2. The monoisotopic (exact) mass is 419 g/mol. The molecule has 5 rings (SSSR count). The van der Waals surface area contributed by atoms with E-state index in [4.69, 9.17) is 14.2 Å². The molecule has 7 heteroatoms. The number of nitrogens with zero attached hydrogens (tertiary/aromatic N) is 2. The Morgan fingerprint density at radius 2 is 1.90 bits per heavy atom. The Balaban J connectivity index is 1.71. The van der Waals surface area contributed by atoms with Gasteiger partial charge in [-0.25, -0.2) is 0 Å². The molecule has 1 unspecified atom stereocenters. The normalized spacial score (nSPS) is 19.9. The van der Waals surface area contributed by atoms with Gasteiger partial charge in [0.1, 0.15) is 11.5 Å². The number of fused-ring (bicyclic) bond motifs is 2. The van der Waals surface area contributed by atoms with Crippen molar-refractivity contribution < 1.29 is 19.0 Å². The Labute approximate surface area is 181 Å². The molecule has 1 saturated heterocycles. The van der Waals surface area contributed by atoms with Gasteiger partial charge in [-0.3, -0.25) is 14.7 Å². The van der Waals surface area contributed by atoms with Crippen LogP contribution in [0.3, 0.4) is 0 Å². The van der Waals surface area contributed by atoms with Crippen LogP contribution in [0, 0.1) is 5.92 Å². The minimum atomic E-state index is -0.322. The summed E-state index contributed by atoms with van der Waals surface area (Å²) < 4.78 is 16.4. The van der Waals surface area contributed by atoms with Gasteiger partial charge in [0.25, 0.3) is 5.91 Å². The number of carbonyl (C=O) groups is 1. The molecule has 3 aliphatic heterocycles. The number of ether oxygens (including phenoxy) is 3. The maximum Gasteiger partial charge on any atom is 0.277 e. The molecule has 0 spiro atoms. The van der Waals surface area contributed by atoms with Gasteiger partial charge in [-0.2, -0.15) is 0 Å². The first kappa shape index (κ1) is 19.5. The molecule has 2 aromatic carbocycles. The Kier molecular flexibility index (Phi) is 4.81. The van der Waals surface area contributed by atoms with Crippen LogP contribution in [-0.4, -0.2) is 38.6 Å². The SMILES string of the molecule is COc1ccc(N2C(=O)C3=NCCNC(C(C)C)=C3C2c2ccc3c(c2)OCO3)cc1. The Morgan fingerprint density at radius 1 is 1.13 bits per heavy atom. The molecule has 0 aliphatic carbocycles. The lowest BCUT2D eigenvalue weighted by molar-refractivity contribution is -0.112. The van der Waals surface area contributed by atoms with Crippen molar-refractivity contribution in [2.75, 3.05) is 31.9 Å². The topological polar surface area (TPSA) is 72.4 Å². The molecule has 3 heterocycles. The van der Waals surface area contributed by atoms with E-state index in [-0.39, 0.29) is 24.7 Å². The van der Waals surface area contributed by atoms with Crippen LogP contribution in [0.15, 0.2) is 58.7 Å². The summed E-state index contributed by atoms with van der Waals surface area (Å²) in [6, 6.07) is 13.1. The number of methoxy groups -OCH3 is 1. The first-order valence-corrected chi connectivity index (χ1v) is 10.5. The predicted molar refractivity (Wildman–Crippen MR) is 118 cm³/mol. The third-order valence-corrected chi connectivity index (χ3v) is 5.84. The van der Waals surface area contributed by atoms with Gasteiger partial charge in [-0.15, -0.1) is 0 Å². The quantitative estimate of drug-likeness (QED) is 0.822. The number of hydrogen-bond donors (Lipinski definition) is 1. The molecule has 0 bridgehead atoms. The lowest BCUT2D eigenvalue weighted by Gasteiger charge is -2.27. The minimum Gasteiger partial charge on any atom is -0.497 e. The van der Waals surface area contributed by atoms with Gasteiger partial charge in [-0.05, 0) is 47.9 Å². The maximum absolute atomic E-state index is 13.7. The molecule has 1 atom stereocenters. The second-order valence-electron chi connectivity index (χ2n) is 8.03. The summed E-state index contributed by atoms with van der Waals surface area (Å²) in [5, 5.41) is 3.53. The summed E-state index contributed by atoms with van der Waals surface area (Å²) in [5.74, 6) is 2.28. The van der Waals surface area contributed by atoms with Crippen molar-refractivity contribution in [3.05, 3.63) is 59.3 Å². The number of hydrogen-bond acceptors (Lipinski definition) is 6. The number of amides is 1. The largest absolute Gasteiger partial charge is 0.497 e.